The summed E-state index contributed by atoms with van der Waals surface area (Å²) in [5.74, 6) is -5.84. The standard InChI is InChI=1S/C31H33F3N6O7/c1-13(35-27(42)14(2)36-30(46)47-31(3,4)5)28(43)37-23-17-10-39(11-18(17)23)26-21(34)9-16-24(41)19(29(44)45)12-40(25(16)38-26)22-7-6-15(32)8-20(22)33/h6-9,12-14,17-18,23H,10-11H2,1-5H3,(H,35,42)(H,36,46)(H,37,43)(H,44,45)/t13-,14-,17?,18?,23?/m0/s1. The highest BCUT2D eigenvalue weighted by atomic mass is 19.1. The molecular formula is C31H33F3N6O7. The van der Waals surface area contributed by atoms with Crippen molar-refractivity contribution in [2.75, 3.05) is 18.0 Å². The van der Waals surface area contributed by atoms with Crippen LogP contribution in [0.15, 0.2) is 35.3 Å². The summed E-state index contributed by atoms with van der Waals surface area (Å²) in [4.78, 5) is 67.8. The van der Waals surface area contributed by atoms with Gasteiger partial charge in [0, 0.05) is 43.2 Å². The number of aromatic carboxylic acids is 1. The summed E-state index contributed by atoms with van der Waals surface area (Å²) in [6.45, 7) is 8.52. The summed E-state index contributed by atoms with van der Waals surface area (Å²) >= 11 is 0. The van der Waals surface area contributed by atoms with E-state index >= 15 is 4.39 Å². The van der Waals surface area contributed by atoms with Crippen molar-refractivity contribution in [1.29, 1.82) is 0 Å². The third-order valence-electron chi connectivity index (χ3n) is 7.99. The highest BCUT2D eigenvalue weighted by molar-refractivity contribution is 5.93. The van der Waals surface area contributed by atoms with E-state index in [9.17, 15) is 37.9 Å². The van der Waals surface area contributed by atoms with E-state index in [0.29, 0.717) is 6.07 Å². The summed E-state index contributed by atoms with van der Waals surface area (Å²) in [6.07, 6.45) is 0.0835. The Bertz CT molecular complexity index is 1850. The monoisotopic (exact) mass is 658 g/mol. The maximum absolute atomic E-state index is 15.4. The number of hydrogen-bond donors (Lipinski definition) is 4. The fourth-order valence-electron chi connectivity index (χ4n) is 5.61. The number of amides is 3. The van der Waals surface area contributed by atoms with Crippen molar-refractivity contribution < 1.29 is 42.2 Å². The number of carboxylic acid groups (broad SMARTS) is 1. The first-order valence-electron chi connectivity index (χ1n) is 14.7. The molecule has 13 nitrogen and oxygen atoms in total. The molecule has 4 atom stereocenters. The van der Waals surface area contributed by atoms with Gasteiger partial charge in [-0.3, -0.25) is 19.0 Å². The second-order valence-corrected chi connectivity index (χ2v) is 12.7. The minimum absolute atomic E-state index is 0.0855. The molecule has 2 aliphatic rings. The molecule has 2 unspecified atom stereocenters. The van der Waals surface area contributed by atoms with E-state index < -0.39 is 75.4 Å². The van der Waals surface area contributed by atoms with Crippen molar-refractivity contribution in [3.63, 3.8) is 0 Å². The Kier molecular flexibility index (Phi) is 8.64. The maximum Gasteiger partial charge on any atom is 0.408 e. The van der Waals surface area contributed by atoms with Crippen molar-refractivity contribution >= 4 is 40.7 Å². The molecule has 3 aromatic rings. The Morgan fingerprint density at radius 3 is 2.21 bits per heavy atom. The third-order valence-corrected chi connectivity index (χ3v) is 7.99. The first kappa shape index (κ1) is 33.2. The molecule has 3 heterocycles. The van der Waals surface area contributed by atoms with Crippen LogP contribution in [-0.4, -0.2) is 75.4 Å². The van der Waals surface area contributed by atoms with Crippen LogP contribution in [0.5, 0.6) is 0 Å². The van der Waals surface area contributed by atoms with Crippen LogP contribution in [0, 0.1) is 29.3 Å². The van der Waals surface area contributed by atoms with Gasteiger partial charge in [-0.25, -0.2) is 27.7 Å². The van der Waals surface area contributed by atoms with E-state index in [1.807, 2.05) is 0 Å². The van der Waals surface area contributed by atoms with Gasteiger partial charge < -0.3 is 30.7 Å². The number of nitrogens with zero attached hydrogens (tertiary/aromatic N) is 3. The topological polar surface area (TPSA) is 172 Å². The van der Waals surface area contributed by atoms with Crippen LogP contribution in [0.4, 0.5) is 23.8 Å². The van der Waals surface area contributed by atoms with Gasteiger partial charge in [0.25, 0.3) is 0 Å². The van der Waals surface area contributed by atoms with Gasteiger partial charge in [-0.2, -0.15) is 0 Å². The van der Waals surface area contributed by atoms with Gasteiger partial charge >= 0.3 is 12.1 Å². The Morgan fingerprint density at radius 1 is 0.979 bits per heavy atom. The van der Waals surface area contributed by atoms with Gasteiger partial charge in [-0.1, -0.05) is 0 Å². The van der Waals surface area contributed by atoms with Crippen molar-refractivity contribution in [3.8, 4) is 5.69 Å². The SMILES string of the molecule is C[C@H](NC(=O)OC(C)(C)C)C(=O)N[C@@H](C)C(=O)NC1C2CN(c3nc4c(cc3F)c(=O)c(C(=O)O)cn4-c3ccc(F)cc3F)CC21. The lowest BCUT2D eigenvalue weighted by molar-refractivity contribution is -0.129. The predicted octanol–water partition coefficient (Wildman–Crippen LogP) is 2.47. The summed E-state index contributed by atoms with van der Waals surface area (Å²) < 4.78 is 49.9. The van der Waals surface area contributed by atoms with Gasteiger partial charge in [-0.15, -0.1) is 0 Å². The molecule has 4 N–H and O–H groups in total. The average molecular weight is 659 g/mol. The van der Waals surface area contributed by atoms with Gasteiger partial charge in [-0.05, 0) is 52.8 Å². The number of carbonyl (C=O) groups is 4. The number of nitrogens with one attached hydrogen (secondary N) is 3. The number of halogens is 3. The van der Waals surface area contributed by atoms with E-state index in [4.69, 9.17) is 4.74 Å². The van der Waals surface area contributed by atoms with Crippen LogP contribution in [0.2, 0.25) is 0 Å². The van der Waals surface area contributed by atoms with Crippen LogP contribution in [-0.2, 0) is 14.3 Å². The molecule has 250 valence electrons. The van der Waals surface area contributed by atoms with Crippen LogP contribution < -0.4 is 26.3 Å². The third kappa shape index (κ3) is 6.85. The molecule has 1 aliphatic carbocycles. The number of pyridine rings is 2. The number of benzene rings is 1. The lowest BCUT2D eigenvalue weighted by atomic mass is 10.1. The summed E-state index contributed by atoms with van der Waals surface area (Å²) in [5.41, 5.74) is -3.05. The fraction of sp³-hybridized carbons (Fsp3) is 0.419. The van der Waals surface area contributed by atoms with Crippen LogP contribution in [0.1, 0.15) is 45.0 Å². The highest BCUT2D eigenvalue weighted by Gasteiger charge is 2.57. The van der Waals surface area contributed by atoms with Crippen molar-refractivity contribution in [3.05, 3.63) is 63.7 Å². The maximum atomic E-state index is 15.4. The number of aromatic nitrogens is 2. The number of ether oxygens (including phenoxy) is 1. The van der Waals surface area contributed by atoms with E-state index in [1.165, 1.54) is 13.8 Å². The summed E-state index contributed by atoms with van der Waals surface area (Å²) in [7, 11) is 0. The lowest BCUT2D eigenvalue weighted by Crippen LogP contribution is -2.53. The molecule has 2 aromatic heterocycles. The number of carboxylic acids is 1. The average Bonchev–Trinajstić information content (AvgIpc) is 3.38. The Balaban J connectivity index is 1.27. The molecule has 3 amide bonds. The van der Waals surface area contributed by atoms with E-state index in [2.05, 4.69) is 20.9 Å². The first-order chi connectivity index (χ1) is 21.9. The number of hydrogen-bond acceptors (Lipinski definition) is 8. The highest BCUT2D eigenvalue weighted by Crippen LogP contribution is 2.47. The summed E-state index contributed by atoms with van der Waals surface area (Å²) in [6, 6.07) is 1.26. The van der Waals surface area contributed by atoms with Gasteiger partial charge in [0.2, 0.25) is 17.2 Å². The Hall–Kier alpha value is -5.15. The second-order valence-electron chi connectivity index (χ2n) is 12.7. The Labute approximate surface area is 266 Å². The first-order valence-corrected chi connectivity index (χ1v) is 14.7. The quantitative estimate of drug-likeness (QED) is 0.284. The van der Waals surface area contributed by atoms with Gasteiger partial charge in [0.05, 0.1) is 11.1 Å². The van der Waals surface area contributed by atoms with E-state index in [-0.39, 0.29) is 48.1 Å². The van der Waals surface area contributed by atoms with Crippen LogP contribution >= 0.6 is 0 Å². The molecule has 5 rings (SSSR count). The molecule has 2 fully saturated rings. The predicted molar refractivity (Wildman–Crippen MR) is 162 cm³/mol. The molecule has 0 radical (unpaired) electrons. The molecule has 16 heteroatoms. The number of anilines is 1. The molecule has 1 saturated heterocycles. The van der Waals surface area contributed by atoms with Crippen LogP contribution in [0.3, 0.4) is 0 Å². The zero-order chi connectivity index (χ0) is 34.5. The van der Waals surface area contributed by atoms with E-state index in [0.717, 1.165) is 29.0 Å². The normalized spacial score (nSPS) is 19.8. The lowest BCUT2D eigenvalue weighted by Gasteiger charge is -2.24. The largest absolute Gasteiger partial charge is 0.477 e. The van der Waals surface area contributed by atoms with Crippen molar-refractivity contribution in [2.45, 2.75) is 58.3 Å². The number of carbonyl (C=O) groups excluding carboxylic acids is 3. The number of rotatable bonds is 8. The molecule has 0 bridgehead atoms. The second kappa shape index (κ2) is 12.2. The van der Waals surface area contributed by atoms with Gasteiger partial charge in [0.1, 0.15) is 34.9 Å². The summed E-state index contributed by atoms with van der Waals surface area (Å²) in [5, 5.41) is 16.9. The number of piperidine rings is 1. The zero-order valence-electron chi connectivity index (χ0n) is 26.1. The molecule has 1 saturated carbocycles. The minimum atomic E-state index is -1.62. The number of alkyl carbamates (subject to hydrolysis) is 1. The van der Waals surface area contributed by atoms with Crippen molar-refractivity contribution in [1.82, 2.24) is 25.5 Å². The molecule has 0 spiro atoms. The van der Waals surface area contributed by atoms with Crippen molar-refractivity contribution in [2.24, 2.45) is 11.8 Å². The number of fused-ring (bicyclic) bond motifs is 2. The molecule has 1 aromatic carbocycles. The zero-order valence-corrected chi connectivity index (χ0v) is 26.1. The smallest absolute Gasteiger partial charge is 0.408 e. The molecular weight excluding hydrogens is 625 g/mol. The van der Waals surface area contributed by atoms with Gasteiger partial charge in [0.15, 0.2) is 17.3 Å². The van der Waals surface area contributed by atoms with E-state index in [1.54, 1.807) is 25.7 Å². The van der Waals surface area contributed by atoms with Crippen LogP contribution in [0.25, 0.3) is 16.7 Å². The molecule has 47 heavy (non-hydrogen) atoms. The minimum Gasteiger partial charge on any atom is -0.477 e. The Morgan fingerprint density at radius 2 is 1.62 bits per heavy atom. The fourth-order valence-corrected chi connectivity index (χ4v) is 5.61. The molecule has 1 aliphatic heterocycles.